The van der Waals surface area contributed by atoms with E-state index in [1.54, 1.807) is 0 Å². The van der Waals surface area contributed by atoms with Crippen LogP contribution in [-0.2, 0) is 4.79 Å². The van der Waals surface area contributed by atoms with Gasteiger partial charge in [0.15, 0.2) is 0 Å². The number of aliphatic carboxylic acids is 1. The second-order valence-electron chi connectivity index (χ2n) is 4.62. The van der Waals surface area contributed by atoms with Gasteiger partial charge in [-0.2, -0.15) is 0 Å². The highest BCUT2D eigenvalue weighted by Crippen LogP contribution is 2.24. The fraction of sp³-hybridized carbons (Fsp3) is 0.500. The third-order valence-corrected chi connectivity index (χ3v) is 4.35. The van der Waals surface area contributed by atoms with E-state index < -0.39 is 5.97 Å². The summed E-state index contributed by atoms with van der Waals surface area (Å²) in [4.78, 5) is 14.6. The van der Waals surface area contributed by atoms with Crippen molar-refractivity contribution in [3.05, 3.63) is 30.3 Å². The molecule has 1 atom stereocenters. The number of thioether (sulfide) groups is 1. The number of carboxylic acids is 1. The van der Waals surface area contributed by atoms with Gasteiger partial charge in [0.1, 0.15) is 5.25 Å². The highest BCUT2D eigenvalue weighted by Gasteiger charge is 2.23. The second-order valence-corrected chi connectivity index (χ2v) is 5.90. The Morgan fingerprint density at radius 1 is 1.22 bits per heavy atom. The SMILES string of the molecule is O=C(O)C(CN1CCCCC1)Sc1ccccc1. The van der Waals surface area contributed by atoms with Crippen LogP contribution in [0.2, 0.25) is 0 Å². The summed E-state index contributed by atoms with van der Waals surface area (Å²) in [6, 6.07) is 9.78. The van der Waals surface area contributed by atoms with Gasteiger partial charge >= 0.3 is 5.97 Å². The summed E-state index contributed by atoms with van der Waals surface area (Å²) < 4.78 is 0. The zero-order chi connectivity index (χ0) is 12.8. The Hall–Kier alpha value is -1.00. The van der Waals surface area contributed by atoms with E-state index in [1.165, 1.54) is 31.0 Å². The Kier molecular flexibility index (Phi) is 5.08. The Bertz CT molecular complexity index is 377. The molecule has 1 aromatic carbocycles. The van der Waals surface area contributed by atoms with Crippen molar-refractivity contribution in [3.63, 3.8) is 0 Å². The molecule has 18 heavy (non-hydrogen) atoms. The fourth-order valence-corrected chi connectivity index (χ4v) is 3.23. The van der Waals surface area contributed by atoms with Crippen molar-refractivity contribution < 1.29 is 9.90 Å². The van der Waals surface area contributed by atoms with Gasteiger partial charge in [-0.15, -0.1) is 11.8 Å². The molecule has 1 aromatic rings. The topological polar surface area (TPSA) is 40.5 Å². The predicted octanol–water partition coefficient (Wildman–Crippen LogP) is 2.72. The Morgan fingerprint density at radius 3 is 2.50 bits per heavy atom. The first kappa shape index (κ1) is 13.4. The van der Waals surface area contributed by atoms with Crippen LogP contribution >= 0.6 is 11.8 Å². The molecule has 1 heterocycles. The van der Waals surface area contributed by atoms with Gasteiger partial charge in [-0.1, -0.05) is 24.6 Å². The van der Waals surface area contributed by atoms with Crippen molar-refractivity contribution >= 4 is 17.7 Å². The number of hydrogen-bond acceptors (Lipinski definition) is 3. The lowest BCUT2D eigenvalue weighted by molar-refractivity contribution is -0.136. The first-order chi connectivity index (χ1) is 8.75. The van der Waals surface area contributed by atoms with E-state index in [-0.39, 0.29) is 5.25 Å². The van der Waals surface area contributed by atoms with Gasteiger partial charge in [0.05, 0.1) is 0 Å². The van der Waals surface area contributed by atoms with Crippen LogP contribution in [0.3, 0.4) is 0 Å². The maximum Gasteiger partial charge on any atom is 0.318 e. The van der Waals surface area contributed by atoms with E-state index in [1.807, 2.05) is 30.3 Å². The smallest absolute Gasteiger partial charge is 0.318 e. The zero-order valence-electron chi connectivity index (χ0n) is 10.4. The average Bonchev–Trinajstić information content (AvgIpc) is 2.40. The summed E-state index contributed by atoms with van der Waals surface area (Å²) in [5.74, 6) is -0.713. The summed E-state index contributed by atoms with van der Waals surface area (Å²) in [5, 5.41) is 8.95. The average molecular weight is 265 g/mol. The van der Waals surface area contributed by atoms with E-state index in [9.17, 15) is 9.90 Å². The van der Waals surface area contributed by atoms with Gasteiger partial charge in [0, 0.05) is 11.4 Å². The molecule has 0 aliphatic carbocycles. The van der Waals surface area contributed by atoms with E-state index in [2.05, 4.69) is 4.90 Å². The van der Waals surface area contributed by atoms with Crippen molar-refractivity contribution in [1.82, 2.24) is 4.90 Å². The largest absolute Gasteiger partial charge is 0.480 e. The quantitative estimate of drug-likeness (QED) is 0.831. The van der Waals surface area contributed by atoms with Crippen LogP contribution in [-0.4, -0.2) is 40.9 Å². The fourth-order valence-electron chi connectivity index (χ4n) is 2.21. The third-order valence-electron chi connectivity index (χ3n) is 3.17. The molecule has 2 rings (SSSR count). The molecule has 0 radical (unpaired) electrons. The molecule has 1 unspecified atom stereocenters. The van der Waals surface area contributed by atoms with Crippen molar-refractivity contribution in [1.29, 1.82) is 0 Å². The molecule has 1 aliphatic heterocycles. The summed E-state index contributed by atoms with van der Waals surface area (Å²) in [6.07, 6.45) is 3.67. The number of nitrogens with zero attached hydrogens (tertiary/aromatic N) is 1. The molecule has 1 fully saturated rings. The second kappa shape index (κ2) is 6.81. The van der Waals surface area contributed by atoms with Crippen LogP contribution in [0, 0.1) is 0 Å². The Labute approximate surface area is 112 Å². The van der Waals surface area contributed by atoms with Crippen molar-refractivity contribution in [2.75, 3.05) is 19.6 Å². The molecular formula is C14H19NO2S. The highest BCUT2D eigenvalue weighted by atomic mass is 32.2. The van der Waals surface area contributed by atoms with Crippen LogP contribution in [0.4, 0.5) is 0 Å². The minimum atomic E-state index is -0.713. The number of benzene rings is 1. The summed E-state index contributed by atoms with van der Waals surface area (Å²) >= 11 is 1.45. The van der Waals surface area contributed by atoms with Gasteiger partial charge in [-0.3, -0.25) is 4.79 Å². The molecule has 1 aliphatic rings. The molecule has 0 saturated carbocycles. The molecular weight excluding hydrogens is 246 g/mol. The number of carboxylic acid groups (broad SMARTS) is 1. The molecule has 0 amide bonds. The van der Waals surface area contributed by atoms with E-state index in [4.69, 9.17) is 0 Å². The maximum absolute atomic E-state index is 11.3. The lowest BCUT2D eigenvalue weighted by atomic mass is 10.1. The number of likely N-dealkylation sites (tertiary alicyclic amines) is 1. The van der Waals surface area contributed by atoms with Gasteiger partial charge in [-0.25, -0.2) is 0 Å². The monoisotopic (exact) mass is 265 g/mol. The standard InChI is InChI=1S/C14H19NO2S/c16-14(17)13(11-15-9-5-2-6-10-15)18-12-7-3-1-4-8-12/h1,3-4,7-8,13H,2,5-6,9-11H2,(H,16,17). The number of carbonyl (C=O) groups is 1. The molecule has 0 bridgehead atoms. The third kappa shape index (κ3) is 4.03. The number of rotatable bonds is 5. The van der Waals surface area contributed by atoms with Crippen LogP contribution in [0.15, 0.2) is 35.2 Å². The summed E-state index contributed by atoms with van der Waals surface area (Å²) in [5.41, 5.74) is 0. The van der Waals surface area contributed by atoms with Crippen molar-refractivity contribution in [2.24, 2.45) is 0 Å². The molecule has 3 nitrogen and oxygen atoms in total. The first-order valence-electron chi connectivity index (χ1n) is 6.42. The van der Waals surface area contributed by atoms with E-state index in [0.29, 0.717) is 6.54 Å². The van der Waals surface area contributed by atoms with Crippen LogP contribution < -0.4 is 0 Å². The van der Waals surface area contributed by atoms with E-state index in [0.717, 1.165) is 18.0 Å². The summed E-state index contributed by atoms with van der Waals surface area (Å²) in [7, 11) is 0. The van der Waals surface area contributed by atoms with Gasteiger partial charge in [0.25, 0.3) is 0 Å². The molecule has 98 valence electrons. The number of piperidine rings is 1. The molecule has 0 aromatic heterocycles. The lowest BCUT2D eigenvalue weighted by Gasteiger charge is -2.28. The summed E-state index contributed by atoms with van der Waals surface area (Å²) in [6.45, 7) is 2.73. The maximum atomic E-state index is 11.3. The van der Waals surface area contributed by atoms with Crippen molar-refractivity contribution in [3.8, 4) is 0 Å². The lowest BCUT2D eigenvalue weighted by Crippen LogP contribution is -2.38. The van der Waals surface area contributed by atoms with Gasteiger partial charge in [-0.05, 0) is 38.1 Å². The first-order valence-corrected chi connectivity index (χ1v) is 7.30. The molecule has 1 N–H and O–H groups in total. The predicted molar refractivity (Wildman–Crippen MR) is 74.0 cm³/mol. The molecule has 0 spiro atoms. The van der Waals surface area contributed by atoms with Crippen LogP contribution in [0.25, 0.3) is 0 Å². The minimum Gasteiger partial charge on any atom is -0.480 e. The highest BCUT2D eigenvalue weighted by molar-refractivity contribution is 8.00. The Balaban J connectivity index is 1.93. The zero-order valence-corrected chi connectivity index (χ0v) is 11.2. The normalized spacial score (nSPS) is 18.4. The molecule has 4 heteroatoms. The molecule has 1 saturated heterocycles. The van der Waals surface area contributed by atoms with E-state index >= 15 is 0 Å². The van der Waals surface area contributed by atoms with Crippen molar-refractivity contribution in [2.45, 2.75) is 29.4 Å². The van der Waals surface area contributed by atoms with Crippen LogP contribution in [0.5, 0.6) is 0 Å². The van der Waals surface area contributed by atoms with Gasteiger partial charge < -0.3 is 10.0 Å². The van der Waals surface area contributed by atoms with Gasteiger partial charge in [0.2, 0.25) is 0 Å². The Morgan fingerprint density at radius 2 is 1.89 bits per heavy atom. The number of hydrogen-bond donors (Lipinski definition) is 1. The minimum absolute atomic E-state index is 0.370. The van der Waals surface area contributed by atoms with Crippen LogP contribution in [0.1, 0.15) is 19.3 Å².